The van der Waals surface area contributed by atoms with Crippen LogP contribution in [0, 0.1) is 0 Å². The Morgan fingerprint density at radius 1 is 1.50 bits per heavy atom. The Morgan fingerprint density at radius 3 is 2.64 bits per heavy atom. The molecule has 0 radical (unpaired) electrons. The number of carboxylic acid groups (broad SMARTS) is 1. The van der Waals surface area contributed by atoms with Gasteiger partial charge in [0.05, 0.1) is 0 Å². The fourth-order valence-electron chi connectivity index (χ4n) is 1.09. The molecule has 0 saturated carbocycles. The van der Waals surface area contributed by atoms with Crippen LogP contribution >= 0.6 is 15.9 Å². The third-order valence-electron chi connectivity index (χ3n) is 1.89. The minimum Gasteiger partial charge on any atom is -0.478 e. The van der Waals surface area contributed by atoms with E-state index in [1.165, 1.54) is 0 Å². The lowest BCUT2D eigenvalue weighted by atomic mass is 10.1. The van der Waals surface area contributed by atoms with Crippen LogP contribution in [0.2, 0.25) is 0 Å². The molecule has 0 amide bonds. The van der Waals surface area contributed by atoms with Gasteiger partial charge in [-0.05, 0) is 24.1 Å². The van der Waals surface area contributed by atoms with Crippen LogP contribution < -0.4 is 0 Å². The first kappa shape index (κ1) is 11.0. The fourth-order valence-corrected chi connectivity index (χ4v) is 1.49. The van der Waals surface area contributed by atoms with Crippen molar-refractivity contribution < 1.29 is 9.90 Å². The van der Waals surface area contributed by atoms with E-state index in [1.807, 2.05) is 31.2 Å². The lowest BCUT2D eigenvalue weighted by molar-refractivity contribution is -0.132. The first-order valence-corrected chi connectivity index (χ1v) is 5.13. The van der Waals surface area contributed by atoms with Crippen molar-refractivity contribution in [1.29, 1.82) is 0 Å². The molecule has 0 bridgehead atoms. The van der Waals surface area contributed by atoms with E-state index in [9.17, 15) is 4.79 Å². The number of benzene rings is 1. The van der Waals surface area contributed by atoms with Gasteiger partial charge < -0.3 is 5.11 Å². The number of hydrogen-bond donors (Lipinski definition) is 1. The summed E-state index contributed by atoms with van der Waals surface area (Å²) in [5.41, 5.74) is 1.31. The fraction of sp³-hybridized carbons (Fsp3) is 0.182. The molecule has 0 aromatic heterocycles. The molecule has 0 saturated heterocycles. The van der Waals surface area contributed by atoms with Crippen LogP contribution in [0.15, 0.2) is 34.3 Å². The van der Waals surface area contributed by atoms with Gasteiger partial charge in [0.15, 0.2) is 0 Å². The molecule has 0 unspecified atom stereocenters. The van der Waals surface area contributed by atoms with Gasteiger partial charge in [0.2, 0.25) is 0 Å². The van der Waals surface area contributed by atoms with Crippen molar-refractivity contribution in [2.75, 3.05) is 0 Å². The van der Waals surface area contributed by atoms with Crippen molar-refractivity contribution in [1.82, 2.24) is 0 Å². The zero-order valence-corrected chi connectivity index (χ0v) is 9.41. The highest BCUT2D eigenvalue weighted by molar-refractivity contribution is 9.10. The molecule has 1 N–H and O–H groups in total. The number of carbonyl (C=O) groups is 1. The number of rotatable bonds is 3. The quantitative estimate of drug-likeness (QED) is 0.841. The largest absolute Gasteiger partial charge is 0.478 e. The molecule has 0 atom stereocenters. The molecule has 0 aliphatic carbocycles. The topological polar surface area (TPSA) is 37.3 Å². The molecule has 74 valence electrons. The standard InChI is InChI=1S/C11H11BrO2/c1-2-8(11(13)14)7-9-5-3-4-6-10(9)12/h3-7H,2H2,1H3,(H,13,14)/b8-7-. The summed E-state index contributed by atoms with van der Waals surface area (Å²) in [5, 5.41) is 8.84. The second-order valence-corrected chi connectivity index (χ2v) is 3.70. The predicted octanol–water partition coefficient (Wildman–Crippen LogP) is 3.33. The lowest BCUT2D eigenvalue weighted by Gasteiger charge is -2.00. The molecule has 1 rings (SSSR count). The summed E-state index contributed by atoms with van der Waals surface area (Å²) in [6.07, 6.45) is 2.21. The van der Waals surface area contributed by atoms with E-state index in [0.29, 0.717) is 12.0 Å². The highest BCUT2D eigenvalue weighted by Gasteiger charge is 2.05. The molecular formula is C11H11BrO2. The summed E-state index contributed by atoms with van der Waals surface area (Å²) in [6, 6.07) is 7.54. The van der Waals surface area contributed by atoms with Crippen molar-refractivity contribution in [3.63, 3.8) is 0 Å². The maximum absolute atomic E-state index is 10.8. The molecule has 14 heavy (non-hydrogen) atoms. The molecule has 0 aliphatic rings. The monoisotopic (exact) mass is 254 g/mol. The molecule has 3 heteroatoms. The van der Waals surface area contributed by atoms with Crippen LogP contribution in [0.5, 0.6) is 0 Å². The van der Waals surface area contributed by atoms with Crippen molar-refractivity contribution >= 4 is 28.0 Å². The number of halogens is 1. The maximum atomic E-state index is 10.8. The molecule has 0 spiro atoms. The summed E-state index contributed by atoms with van der Waals surface area (Å²) in [7, 11) is 0. The minimum absolute atomic E-state index is 0.414. The van der Waals surface area contributed by atoms with Gasteiger partial charge in [-0.1, -0.05) is 41.1 Å². The normalized spacial score (nSPS) is 11.4. The Morgan fingerprint density at radius 2 is 2.14 bits per heavy atom. The molecule has 1 aromatic rings. The summed E-state index contributed by atoms with van der Waals surface area (Å²) >= 11 is 3.37. The van der Waals surface area contributed by atoms with E-state index >= 15 is 0 Å². The average Bonchev–Trinajstić information content (AvgIpc) is 2.16. The molecule has 0 fully saturated rings. The highest BCUT2D eigenvalue weighted by atomic mass is 79.9. The first-order valence-electron chi connectivity index (χ1n) is 4.33. The van der Waals surface area contributed by atoms with E-state index in [-0.39, 0.29) is 0 Å². The van der Waals surface area contributed by atoms with E-state index in [2.05, 4.69) is 15.9 Å². The maximum Gasteiger partial charge on any atom is 0.331 e. The Balaban J connectivity index is 3.07. The van der Waals surface area contributed by atoms with Crippen molar-refractivity contribution in [3.05, 3.63) is 39.9 Å². The third kappa shape index (κ3) is 2.70. The molecule has 0 heterocycles. The van der Waals surface area contributed by atoms with Gasteiger partial charge in [-0.15, -0.1) is 0 Å². The minimum atomic E-state index is -0.858. The number of aliphatic carboxylic acids is 1. The van der Waals surface area contributed by atoms with Gasteiger partial charge in [0.25, 0.3) is 0 Å². The molecular weight excluding hydrogens is 244 g/mol. The predicted molar refractivity (Wildman–Crippen MR) is 60.0 cm³/mol. The average molecular weight is 255 g/mol. The van der Waals surface area contributed by atoms with Gasteiger partial charge in [-0.25, -0.2) is 4.79 Å². The van der Waals surface area contributed by atoms with E-state index in [4.69, 9.17) is 5.11 Å². The van der Waals surface area contributed by atoms with Crippen molar-refractivity contribution in [2.45, 2.75) is 13.3 Å². The van der Waals surface area contributed by atoms with E-state index < -0.39 is 5.97 Å². The molecule has 1 aromatic carbocycles. The lowest BCUT2D eigenvalue weighted by Crippen LogP contribution is -1.98. The molecule has 2 nitrogen and oxygen atoms in total. The van der Waals surface area contributed by atoms with Crippen molar-refractivity contribution in [2.24, 2.45) is 0 Å². The van der Waals surface area contributed by atoms with Crippen LogP contribution in [0.4, 0.5) is 0 Å². The van der Waals surface area contributed by atoms with Crippen molar-refractivity contribution in [3.8, 4) is 0 Å². The Kier molecular flexibility index (Phi) is 3.89. The Hall–Kier alpha value is -1.09. The van der Waals surface area contributed by atoms with Gasteiger partial charge in [0.1, 0.15) is 0 Å². The first-order chi connectivity index (χ1) is 6.65. The zero-order chi connectivity index (χ0) is 10.6. The smallest absolute Gasteiger partial charge is 0.331 e. The van der Waals surface area contributed by atoms with E-state index in [0.717, 1.165) is 10.0 Å². The van der Waals surface area contributed by atoms with Crippen LogP contribution in [0.3, 0.4) is 0 Å². The zero-order valence-electron chi connectivity index (χ0n) is 7.83. The second-order valence-electron chi connectivity index (χ2n) is 2.85. The molecule has 0 aliphatic heterocycles. The van der Waals surface area contributed by atoms with Gasteiger partial charge in [-0.3, -0.25) is 0 Å². The van der Waals surface area contributed by atoms with E-state index in [1.54, 1.807) is 6.08 Å². The van der Waals surface area contributed by atoms with Gasteiger partial charge >= 0.3 is 5.97 Å². The van der Waals surface area contributed by atoms with Gasteiger partial charge in [0, 0.05) is 10.0 Å². The van der Waals surface area contributed by atoms with Crippen LogP contribution in [-0.2, 0) is 4.79 Å². The highest BCUT2D eigenvalue weighted by Crippen LogP contribution is 2.19. The number of carboxylic acids is 1. The third-order valence-corrected chi connectivity index (χ3v) is 2.61. The van der Waals surface area contributed by atoms with Crippen LogP contribution in [-0.4, -0.2) is 11.1 Å². The summed E-state index contributed by atoms with van der Waals surface area (Å²) < 4.78 is 0.909. The van der Waals surface area contributed by atoms with Gasteiger partial charge in [-0.2, -0.15) is 0 Å². The summed E-state index contributed by atoms with van der Waals surface area (Å²) in [4.78, 5) is 10.8. The van der Waals surface area contributed by atoms with Crippen LogP contribution in [0.1, 0.15) is 18.9 Å². The number of hydrogen-bond acceptors (Lipinski definition) is 1. The SMILES string of the molecule is CC/C(=C/c1ccccc1Br)C(=O)O. The Labute approximate surface area is 91.4 Å². The summed E-state index contributed by atoms with van der Waals surface area (Å²) in [6.45, 7) is 1.83. The Bertz CT molecular complexity index is 369. The summed E-state index contributed by atoms with van der Waals surface area (Å²) in [5.74, 6) is -0.858. The second kappa shape index (κ2) is 4.96. The van der Waals surface area contributed by atoms with Crippen LogP contribution in [0.25, 0.3) is 6.08 Å².